The van der Waals surface area contributed by atoms with Gasteiger partial charge in [-0.2, -0.15) is 5.10 Å². The molecule has 5 fully saturated rings. The van der Waals surface area contributed by atoms with Crippen LogP contribution in [0.3, 0.4) is 0 Å². The van der Waals surface area contributed by atoms with Crippen molar-refractivity contribution >= 4 is 23.4 Å². The summed E-state index contributed by atoms with van der Waals surface area (Å²) in [5, 5.41) is 4.95. The molecule has 0 radical (unpaired) electrons. The Kier molecular flexibility index (Phi) is 5.70. The molecule has 1 aromatic heterocycles. The summed E-state index contributed by atoms with van der Waals surface area (Å²) in [6.07, 6.45) is 7.29. The van der Waals surface area contributed by atoms with E-state index in [1.165, 1.54) is 24.8 Å². The van der Waals surface area contributed by atoms with Gasteiger partial charge in [0.25, 0.3) is 5.91 Å². The summed E-state index contributed by atoms with van der Waals surface area (Å²) in [4.78, 5) is 31.0. The first-order valence-electron chi connectivity index (χ1n) is 13.2. The lowest BCUT2D eigenvalue weighted by molar-refractivity contribution is -0.159. The van der Waals surface area contributed by atoms with Crippen molar-refractivity contribution in [2.45, 2.75) is 58.9 Å². The molecular formula is C28H35ClN4O2. The van der Waals surface area contributed by atoms with E-state index in [0.29, 0.717) is 55.0 Å². The third-order valence-corrected chi connectivity index (χ3v) is 9.46. The van der Waals surface area contributed by atoms with E-state index in [1.807, 2.05) is 16.7 Å². The van der Waals surface area contributed by atoms with Crippen molar-refractivity contribution in [2.75, 3.05) is 26.2 Å². The van der Waals surface area contributed by atoms with Gasteiger partial charge in [0.15, 0.2) is 0 Å². The fraction of sp³-hybridized carbons (Fsp3) is 0.607. The van der Waals surface area contributed by atoms with Gasteiger partial charge in [0, 0.05) is 26.2 Å². The monoisotopic (exact) mass is 494 g/mol. The number of halogens is 1. The second-order valence-electron chi connectivity index (χ2n) is 11.7. The van der Waals surface area contributed by atoms with Gasteiger partial charge >= 0.3 is 0 Å². The average Bonchev–Trinajstić information content (AvgIpc) is 3.11. The van der Waals surface area contributed by atoms with Crippen molar-refractivity contribution in [3.63, 3.8) is 0 Å². The van der Waals surface area contributed by atoms with Gasteiger partial charge in [-0.1, -0.05) is 41.4 Å². The van der Waals surface area contributed by atoms with Gasteiger partial charge in [0.2, 0.25) is 5.91 Å². The minimum Gasteiger partial charge on any atom is -0.339 e. The zero-order chi connectivity index (χ0) is 24.3. The molecular weight excluding hydrogens is 460 g/mol. The number of rotatable bonds is 4. The first-order valence-corrected chi connectivity index (χ1v) is 13.6. The van der Waals surface area contributed by atoms with Crippen LogP contribution in [0.2, 0.25) is 5.15 Å². The number of nitrogens with zero attached hydrogens (tertiary/aromatic N) is 4. The van der Waals surface area contributed by atoms with Crippen LogP contribution in [0.1, 0.15) is 65.7 Å². The fourth-order valence-corrected chi connectivity index (χ4v) is 8.06. The topological polar surface area (TPSA) is 58.4 Å². The van der Waals surface area contributed by atoms with Crippen molar-refractivity contribution in [1.29, 1.82) is 0 Å². The molecule has 0 unspecified atom stereocenters. The lowest BCUT2D eigenvalue weighted by atomic mass is 9.49. The van der Waals surface area contributed by atoms with Gasteiger partial charge in [0.1, 0.15) is 5.15 Å². The van der Waals surface area contributed by atoms with Crippen LogP contribution in [-0.2, 0) is 11.3 Å². The Bertz CT molecular complexity index is 1110. The number of carbonyl (C=O) groups excluding carboxylic acids is 2. The lowest BCUT2D eigenvalue weighted by Crippen LogP contribution is -2.58. The highest BCUT2D eigenvalue weighted by Crippen LogP contribution is 2.60. The molecule has 0 spiro atoms. The molecule has 6 nitrogen and oxygen atoms in total. The van der Waals surface area contributed by atoms with Crippen LogP contribution in [0.4, 0.5) is 0 Å². The van der Waals surface area contributed by atoms with E-state index < -0.39 is 0 Å². The largest absolute Gasteiger partial charge is 0.339 e. The molecule has 4 bridgehead atoms. The highest BCUT2D eigenvalue weighted by Gasteiger charge is 2.55. The van der Waals surface area contributed by atoms with E-state index in [2.05, 4.69) is 36.3 Å². The smallest absolute Gasteiger partial charge is 0.259 e. The van der Waals surface area contributed by atoms with E-state index in [4.69, 9.17) is 11.6 Å². The maximum Gasteiger partial charge on any atom is 0.259 e. The molecule has 5 aliphatic rings. The summed E-state index contributed by atoms with van der Waals surface area (Å²) >= 11 is 6.67. The third kappa shape index (κ3) is 4.08. The SMILES string of the molecule is Cc1ccc(Cn2nc(C)c(C(=O)N3CCN(C(=O)C45CC6CC(CC(C6)C4)C5)CC3)c2Cl)cc1. The molecule has 0 atom stereocenters. The average molecular weight is 495 g/mol. The Balaban J connectivity index is 1.12. The summed E-state index contributed by atoms with van der Waals surface area (Å²) < 4.78 is 1.71. The molecule has 4 saturated carbocycles. The zero-order valence-corrected chi connectivity index (χ0v) is 21.6. The van der Waals surface area contributed by atoms with E-state index in [-0.39, 0.29) is 11.3 Å². The predicted octanol–water partition coefficient (Wildman–Crippen LogP) is 4.70. The van der Waals surface area contributed by atoms with Gasteiger partial charge < -0.3 is 9.80 Å². The number of amides is 2. The van der Waals surface area contributed by atoms with E-state index in [9.17, 15) is 9.59 Å². The van der Waals surface area contributed by atoms with Crippen molar-refractivity contribution in [3.05, 3.63) is 51.8 Å². The fourth-order valence-electron chi connectivity index (χ4n) is 7.75. The van der Waals surface area contributed by atoms with Gasteiger partial charge in [-0.15, -0.1) is 0 Å². The molecule has 0 N–H and O–H groups in total. The molecule has 7 rings (SSSR count). The molecule has 2 amide bonds. The summed E-state index contributed by atoms with van der Waals surface area (Å²) in [6.45, 7) is 6.76. The van der Waals surface area contributed by atoms with Gasteiger partial charge in [-0.25, -0.2) is 4.68 Å². The second-order valence-corrected chi connectivity index (χ2v) is 12.0. The predicted molar refractivity (Wildman–Crippen MR) is 135 cm³/mol. The van der Waals surface area contributed by atoms with E-state index >= 15 is 0 Å². The Morgan fingerprint density at radius 1 is 0.914 bits per heavy atom. The summed E-state index contributed by atoms with van der Waals surface area (Å²) in [5.74, 6) is 2.56. The van der Waals surface area contributed by atoms with Crippen molar-refractivity contribution in [1.82, 2.24) is 19.6 Å². The van der Waals surface area contributed by atoms with Crippen LogP contribution >= 0.6 is 11.6 Å². The summed E-state index contributed by atoms with van der Waals surface area (Å²) in [5.41, 5.74) is 3.32. The minimum absolute atomic E-state index is 0.0791. The van der Waals surface area contributed by atoms with Crippen LogP contribution in [0.25, 0.3) is 0 Å². The molecule has 1 aliphatic heterocycles. The number of aryl methyl sites for hydroxylation is 2. The Labute approximate surface area is 212 Å². The highest BCUT2D eigenvalue weighted by molar-refractivity contribution is 6.33. The second kappa shape index (κ2) is 8.65. The number of piperazine rings is 1. The normalized spacial score (nSPS) is 29.6. The molecule has 2 aromatic rings. The molecule has 186 valence electrons. The van der Waals surface area contributed by atoms with E-state index in [1.54, 1.807) is 4.68 Å². The zero-order valence-electron chi connectivity index (χ0n) is 20.8. The first-order chi connectivity index (χ1) is 16.8. The van der Waals surface area contributed by atoms with Gasteiger partial charge in [-0.05, 0) is 75.7 Å². The number of hydrogen-bond acceptors (Lipinski definition) is 3. The minimum atomic E-state index is -0.113. The van der Waals surface area contributed by atoms with Crippen LogP contribution in [0.15, 0.2) is 24.3 Å². The van der Waals surface area contributed by atoms with Crippen LogP contribution < -0.4 is 0 Å². The van der Waals surface area contributed by atoms with E-state index in [0.717, 1.165) is 42.6 Å². The Morgan fingerprint density at radius 2 is 1.46 bits per heavy atom. The van der Waals surface area contributed by atoms with Gasteiger partial charge in [0.05, 0.1) is 23.2 Å². The molecule has 1 aromatic carbocycles. The molecule has 7 heteroatoms. The summed E-state index contributed by atoms with van der Waals surface area (Å²) in [7, 11) is 0. The van der Waals surface area contributed by atoms with Crippen molar-refractivity contribution in [2.24, 2.45) is 23.2 Å². The standard InChI is InChI=1S/C28H35ClN4O2/c1-18-3-5-20(6-4-18)17-33-25(29)24(19(2)30-33)26(34)31-7-9-32(10-8-31)27(35)28-14-21-11-22(15-28)13-23(12-21)16-28/h3-6,21-23H,7-17H2,1-2H3. The molecule has 2 heterocycles. The van der Waals surface area contributed by atoms with Gasteiger partial charge in [-0.3, -0.25) is 9.59 Å². The maximum absolute atomic E-state index is 13.7. The number of aromatic nitrogens is 2. The lowest BCUT2D eigenvalue weighted by Gasteiger charge is -2.57. The highest BCUT2D eigenvalue weighted by atomic mass is 35.5. The summed E-state index contributed by atoms with van der Waals surface area (Å²) in [6, 6.07) is 8.25. The molecule has 4 aliphatic carbocycles. The number of carbonyl (C=O) groups is 2. The Morgan fingerprint density at radius 3 is 2.03 bits per heavy atom. The van der Waals surface area contributed by atoms with Crippen molar-refractivity contribution in [3.8, 4) is 0 Å². The maximum atomic E-state index is 13.7. The quantitative estimate of drug-likeness (QED) is 0.619. The Hall–Kier alpha value is -2.34. The van der Waals surface area contributed by atoms with Crippen LogP contribution in [0.5, 0.6) is 0 Å². The first kappa shape index (κ1) is 23.1. The number of hydrogen-bond donors (Lipinski definition) is 0. The molecule has 35 heavy (non-hydrogen) atoms. The van der Waals surface area contributed by atoms with Crippen LogP contribution in [-0.4, -0.2) is 57.6 Å². The molecule has 1 saturated heterocycles. The van der Waals surface area contributed by atoms with Crippen molar-refractivity contribution < 1.29 is 9.59 Å². The van der Waals surface area contributed by atoms with Crippen LogP contribution in [0, 0.1) is 37.0 Å². The third-order valence-electron chi connectivity index (χ3n) is 9.08. The number of benzene rings is 1.